The first-order valence-electron chi connectivity index (χ1n) is 7.10. The van der Waals surface area contributed by atoms with Gasteiger partial charge in [-0.15, -0.1) is 11.3 Å². The summed E-state index contributed by atoms with van der Waals surface area (Å²) in [5, 5.41) is 2.87. The highest BCUT2D eigenvalue weighted by atomic mass is 35.5. The van der Waals surface area contributed by atoms with Crippen LogP contribution in [-0.4, -0.2) is 35.4 Å². The van der Waals surface area contributed by atoms with Gasteiger partial charge in [-0.25, -0.2) is 9.37 Å². The van der Waals surface area contributed by atoms with Crippen molar-refractivity contribution in [2.75, 3.05) is 13.7 Å². The average Bonchev–Trinajstić information content (AvgIpc) is 2.93. The van der Waals surface area contributed by atoms with Gasteiger partial charge in [0.1, 0.15) is 5.82 Å². The van der Waals surface area contributed by atoms with Crippen LogP contribution in [0.5, 0.6) is 0 Å². The van der Waals surface area contributed by atoms with Crippen molar-refractivity contribution in [1.82, 2.24) is 9.88 Å². The number of nitrogens with zero attached hydrogens (tertiary/aromatic N) is 2. The molecule has 0 atom stereocenters. The number of carbonyl (C=O) groups is 2. The highest BCUT2D eigenvalue weighted by Gasteiger charge is 2.16. The van der Waals surface area contributed by atoms with Crippen LogP contribution in [0, 0.1) is 12.7 Å². The smallest absolute Gasteiger partial charge is 0.312 e. The highest BCUT2D eigenvalue weighted by Crippen LogP contribution is 2.20. The zero-order valence-corrected chi connectivity index (χ0v) is 14.8. The maximum atomic E-state index is 13.7. The van der Waals surface area contributed by atoms with E-state index in [2.05, 4.69) is 4.98 Å². The number of likely N-dealkylation sites (N-methyl/N-ethyl adjacent to an activating group) is 1. The zero-order chi connectivity index (χ0) is 17.7. The molecule has 2 aromatic rings. The topological polar surface area (TPSA) is 59.5 Å². The van der Waals surface area contributed by atoms with Crippen molar-refractivity contribution in [2.45, 2.75) is 19.9 Å². The second-order valence-electron chi connectivity index (χ2n) is 5.15. The molecule has 1 heterocycles. The Kier molecular flexibility index (Phi) is 6.28. The minimum atomic E-state index is -0.536. The Balaban J connectivity index is 1.84. The van der Waals surface area contributed by atoms with Gasteiger partial charge >= 0.3 is 5.97 Å². The first-order chi connectivity index (χ1) is 11.4. The highest BCUT2D eigenvalue weighted by molar-refractivity contribution is 7.09. The maximum Gasteiger partial charge on any atom is 0.312 e. The fourth-order valence-electron chi connectivity index (χ4n) is 1.95. The molecule has 0 saturated carbocycles. The number of thiazole rings is 1. The number of carbonyl (C=O) groups excluding carboxylic acids is 2. The molecule has 0 aliphatic carbocycles. The van der Waals surface area contributed by atoms with Crippen molar-refractivity contribution >= 4 is 34.8 Å². The quantitative estimate of drug-likeness (QED) is 0.733. The number of esters is 1. The van der Waals surface area contributed by atoms with Crippen LogP contribution in [0.15, 0.2) is 23.6 Å². The monoisotopic (exact) mass is 370 g/mol. The number of halogens is 2. The number of hydrogen-bond acceptors (Lipinski definition) is 5. The second-order valence-corrected chi connectivity index (χ2v) is 6.61. The number of rotatable bonds is 6. The third-order valence-corrected chi connectivity index (χ3v) is 4.41. The van der Waals surface area contributed by atoms with Crippen LogP contribution in [0.3, 0.4) is 0 Å². The molecule has 0 aliphatic rings. The molecule has 8 heteroatoms. The summed E-state index contributed by atoms with van der Waals surface area (Å²) in [6, 6.07) is 4.31. The molecular weight excluding hydrogens is 355 g/mol. The second kappa shape index (κ2) is 8.21. The van der Waals surface area contributed by atoms with E-state index in [-0.39, 0.29) is 23.6 Å². The number of ether oxygens (including phenoxy) is 1. The molecule has 0 radical (unpaired) electrons. The predicted octanol–water partition coefficient (Wildman–Crippen LogP) is 2.99. The van der Waals surface area contributed by atoms with Crippen LogP contribution in [0.25, 0.3) is 0 Å². The molecule has 0 spiro atoms. The zero-order valence-electron chi connectivity index (χ0n) is 13.2. The molecule has 128 valence electrons. The van der Waals surface area contributed by atoms with Crippen molar-refractivity contribution < 1.29 is 18.7 Å². The lowest BCUT2D eigenvalue weighted by Gasteiger charge is -2.18. The molecule has 0 aliphatic heterocycles. The standard InChI is InChI=1S/C16H16ClFN2O3S/c1-10-19-11(9-24-10)6-16(22)23-8-15(21)20(2)7-12-13(17)4-3-5-14(12)18/h3-5,9H,6-8H2,1-2H3. The minimum Gasteiger partial charge on any atom is -0.455 e. The van der Waals surface area contributed by atoms with Gasteiger partial charge in [0.25, 0.3) is 5.91 Å². The summed E-state index contributed by atoms with van der Waals surface area (Å²) in [6.07, 6.45) is 0.0144. The fourth-order valence-corrected chi connectivity index (χ4v) is 2.78. The third kappa shape index (κ3) is 5.01. The van der Waals surface area contributed by atoms with Gasteiger partial charge in [-0.05, 0) is 19.1 Å². The van der Waals surface area contributed by atoms with Gasteiger partial charge in [0.2, 0.25) is 0 Å². The largest absolute Gasteiger partial charge is 0.455 e. The third-order valence-electron chi connectivity index (χ3n) is 3.23. The van der Waals surface area contributed by atoms with Gasteiger partial charge in [-0.3, -0.25) is 9.59 Å². The summed E-state index contributed by atoms with van der Waals surface area (Å²) in [5.74, 6) is -1.47. The SMILES string of the molecule is Cc1nc(CC(=O)OCC(=O)N(C)Cc2c(F)cccc2Cl)cs1. The Morgan fingerprint density at radius 2 is 2.17 bits per heavy atom. The van der Waals surface area contributed by atoms with E-state index in [1.165, 1.54) is 35.4 Å². The van der Waals surface area contributed by atoms with Crippen molar-refractivity contribution in [2.24, 2.45) is 0 Å². The molecule has 5 nitrogen and oxygen atoms in total. The number of amides is 1. The molecular formula is C16H16ClFN2O3S. The van der Waals surface area contributed by atoms with E-state index in [0.717, 1.165) is 5.01 Å². The van der Waals surface area contributed by atoms with Crippen LogP contribution in [0.4, 0.5) is 4.39 Å². The molecule has 24 heavy (non-hydrogen) atoms. The van der Waals surface area contributed by atoms with Gasteiger partial charge in [0.05, 0.1) is 17.1 Å². The normalized spacial score (nSPS) is 10.5. The molecule has 0 unspecified atom stereocenters. The van der Waals surface area contributed by atoms with Crippen LogP contribution >= 0.6 is 22.9 Å². The lowest BCUT2D eigenvalue weighted by atomic mass is 10.2. The number of aryl methyl sites for hydroxylation is 1. The van der Waals surface area contributed by atoms with E-state index in [0.29, 0.717) is 5.69 Å². The molecule has 0 N–H and O–H groups in total. The predicted molar refractivity (Wildman–Crippen MR) is 89.4 cm³/mol. The lowest BCUT2D eigenvalue weighted by molar-refractivity contribution is -0.151. The van der Waals surface area contributed by atoms with E-state index in [1.807, 2.05) is 6.92 Å². The van der Waals surface area contributed by atoms with E-state index in [9.17, 15) is 14.0 Å². The Labute approximate surface area is 148 Å². The molecule has 0 fully saturated rings. The van der Waals surface area contributed by atoms with E-state index in [4.69, 9.17) is 16.3 Å². The number of benzene rings is 1. The molecule has 0 saturated heterocycles. The summed E-state index contributed by atoms with van der Waals surface area (Å²) in [7, 11) is 1.49. The van der Waals surface area contributed by atoms with E-state index >= 15 is 0 Å². The summed E-state index contributed by atoms with van der Waals surface area (Å²) in [5.41, 5.74) is 0.834. The molecule has 1 aromatic carbocycles. The first kappa shape index (κ1) is 18.4. The Morgan fingerprint density at radius 3 is 2.79 bits per heavy atom. The van der Waals surface area contributed by atoms with Crippen molar-refractivity contribution in [3.8, 4) is 0 Å². The summed E-state index contributed by atoms with van der Waals surface area (Å²) >= 11 is 7.37. The van der Waals surface area contributed by atoms with Gasteiger partial charge in [0, 0.05) is 29.6 Å². The Morgan fingerprint density at radius 1 is 1.42 bits per heavy atom. The minimum absolute atomic E-state index is 0.00677. The molecule has 1 aromatic heterocycles. The fraction of sp³-hybridized carbons (Fsp3) is 0.312. The average molecular weight is 371 g/mol. The van der Waals surface area contributed by atoms with Crippen LogP contribution < -0.4 is 0 Å². The molecule has 0 bridgehead atoms. The number of aromatic nitrogens is 1. The Bertz CT molecular complexity index is 730. The van der Waals surface area contributed by atoms with Crippen LogP contribution in [0.2, 0.25) is 5.02 Å². The van der Waals surface area contributed by atoms with Gasteiger partial charge in [-0.1, -0.05) is 17.7 Å². The van der Waals surface area contributed by atoms with Gasteiger partial charge in [0.15, 0.2) is 6.61 Å². The van der Waals surface area contributed by atoms with Crippen LogP contribution in [0.1, 0.15) is 16.3 Å². The summed E-state index contributed by atoms with van der Waals surface area (Å²) < 4.78 is 18.7. The summed E-state index contributed by atoms with van der Waals surface area (Å²) in [4.78, 5) is 29.1. The van der Waals surface area contributed by atoms with Crippen LogP contribution in [-0.2, 0) is 27.3 Å². The summed E-state index contributed by atoms with van der Waals surface area (Å²) in [6.45, 7) is 1.42. The Hall–Kier alpha value is -1.99. The maximum absolute atomic E-state index is 13.7. The van der Waals surface area contributed by atoms with E-state index < -0.39 is 24.3 Å². The van der Waals surface area contributed by atoms with Crippen molar-refractivity contribution in [1.29, 1.82) is 0 Å². The molecule has 2 rings (SSSR count). The first-order valence-corrected chi connectivity index (χ1v) is 8.36. The van der Waals surface area contributed by atoms with Gasteiger partial charge < -0.3 is 9.64 Å². The van der Waals surface area contributed by atoms with Gasteiger partial charge in [-0.2, -0.15) is 0 Å². The van der Waals surface area contributed by atoms with Crippen molar-refractivity contribution in [3.05, 3.63) is 50.7 Å². The molecule has 1 amide bonds. The van der Waals surface area contributed by atoms with E-state index in [1.54, 1.807) is 11.4 Å². The number of hydrogen-bond donors (Lipinski definition) is 0. The lowest BCUT2D eigenvalue weighted by Crippen LogP contribution is -2.31. The van der Waals surface area contributed by atoms with Crippen molar-refractivity contribution in [3.63, 3.8) is 0 Å².